The summed E-state index contributed by atoms with van der Waals surface area (Å²) in [4.78, 5) is 67.7. The van der Waals surface area contributed by atoms with Gasteiger partial charge in [0.2, 0.25) is 11.8 Å². The van der Waals surface area contributed by atoms with Crippen molar-refractivity contribution in [1.29, 1.82) is 0 Å². The van der Waals surface area contributed by atoms with E-state index in [0.29, 0.717) is 33.1 Å². The van der Waals surface area contributed by atoms with Crippen molar-refractivity contribution in [2.75, 3.05) is 18.5 Å². The number of carboxylic acids is 1. The summed E-state index contributed by atoms with van der Waals surface area (Å²) in [5, 5.41) is 28.0. The summed E-state index contributed by atoms with van der Waals surface area (Å²) in [5.41, 5.74) is 11.7. The number of rotatable bonds is 15. The summed E-state index contributed by atoms with van der Waals surface area (Å²) in [6.07, 6.45) is 4.64. The van der Waals surface area contributed by atoms with Crippen molar-refractivity contribution in [1.82, 2.24) is 19.3 Å². The molecule has 17 nitrogen and oxygen atoms in total. The molecular formula is C29H31N9O8S. The molecule has 246 valence electrons. The lowest BCUT2D eigenvalue weighted by Gasteiger charge is -2.14. The first kappa shape index (κ1) is 34.0. The van der Waals surface area contributed by atoms with Gasteiger partial charge < -0.3 is 26.6 Å². The Balaban J connectivity index is 1.62. The van der Waals surface area contributed by atoms with Crippen LogP contribution in [0, 0.1) is 17.0 Å². The summed E-state index contributed by atoms with van der Waals surface area (Å²) in [5.74, 6) is -3.15. The Labute approximate surface area is 270 Å². The molecule has 0 radical (unpaired) electrons. The number of nitrogens with zero attached hydrogens (tertiary/aromatic N) is 6. The molecule has 0 atom stereocenters. The maximum atomic E-state index is 13.2. The maximum absolute atomic E-state index is 13.2. The molecule has 0 saturated carbocycles. The molecule has 4 aromatic rings. The van der Waals surface area contributed by atoms with Crippen LogP contribution in [0.5, 0.6) is 5.75 Å². The fourth-order valence-electron chi connectivity index (χ4n) is 4.45. The summed E-state index contributed by atoms with van der Waals surface area (Å²) in [6, 6.07) is 5.47. The largest absolute Gasteiger partial charge is 0.491 e. The van der Waals surface area contributed by atoms with E-state index in [2.05, 4.69) is 20.4 Å². The number of aryl methyl sites for hydroxylation is 2. The SMILES string of the molecule is CCn1nc(C)cc1C(=O)N=c1sc2cc(C(N)=O)cnc2n1C/C=C/CNc1c(OCCCC(=O)O)cc(C(N)=O)cc1[N+](=O)[O-]. The van der Waals surface area contributed by atoms with Gasteiger partial charge in [-0.05, 0) is 38.5 Å². The van der Waals surface area contributed by atoms with Crippen molar-refractivity contribution in [3.05, 3.63) is 80.0 Å². The van der Waals surface area contributed by atoms with Crippen LogP contribution in [-0.4, -0.2) is 66.2 Å². The Bertz CT molecular complexity index is 1980. The summed E-state index contributed by atoms with van der Waals surface area (Å²) in [6.45, 7) is 4.24. The highest BCUT2D eigenvalue weighted by Crippen LogP contribution is 2.36. The zero-order chi connectivity index (χ0) is 34.2. The number of hydrogen-bond acceptors (Lipinski definition) is 11. The number of fused-ring (bicyclic) bond motifs is 1. The lowest BCUT2D eigenvalue weighted by Crippen LogP contribution is -2.18. The van der Waals surface area contributed by atoms with E-state index in [9.17, 15) is 29.3 Å². The van der Waals surface area contributed by atoms with Crippen LogP contribution in [0.4, 0.5) is 11.4 Å². The second-order valence-electron chi connectivity index (χ2n) is 10.00. The Morgan fingerprint density at radius 2 is 1.89 bits per heavy atom. The van der Waals surface area contributed by atoms with Gasteiger partial charge in [-0.25, -0.2) is 4.98 Å². The monoisotopic (exact) mass is 665 g/mol. The summed E-state index contributed by atoms with van der Waals surface area (Å²) >= 11 is 1.14. The number of pyridine rings is 1. The quantitative estimate of drug-likeness (QED) is 0.0620. The number of aromatic nitrogens is 4. The standard InChI is InChI=1S/C29H31N9O8S/c1-3-37-20(11-16(2)35-37)28(43)34-29-36(27-22(47-29)14-18(15-33-27)26(31)42)9-5-4-8-32-24-19(38(44)45)12-17(25(30)41)13-21(24)46-10-6-7-23(39)40/h4-5,11-15,32H,3,6-10H2,1-2H3,(H2,30,41)(H2,31,42)(H,39,40)/b5-4+,34-29?. The number of amides is 3. The number of benzene rings is 1. The first-order valence-electron chi connectivity index (χ1n) is 14.2. The zero-order valence-corrected chi connectivity index (χ0v) is 26.2. The fourth-order valence-corrected chi connectivity index (χ4v) is 5.49. The topological polar surface area (TPSA) is 253 Å². The first-order chi connectivity index (χ1) is 22.4. The van der Waals surface area contributed by atoms with Gasteiger partial charge in [0.1, 0.15) is 11.4 Å². The lowest BCUT2D eigenvalue weighted by atomic mass is 10.1. The van der Waals surface area contributed by atoms with Gasteiger partial charge in [-0.3, -0.25) is 38.5 Å². The van der Waals surface area contributed by atoms with E-state index < -0.39 is 34.3 Å². The molecule has 0 fully saturated rings. The number of nitrogens with one attached hydrogen (secondary N) is 1. The number of hydrogen-bond donors (Lipinski definition) is 4. The average molecular weight is 666 g/mol. The molecule has 3 heterocycles. The number of thiazole rings is 1. The lowest BCUT2D eigenvalue weighted by molar-refractivity contribution is -0.384. The van der Waals surface area contributed by atoms with Crippen LogP contribution in [-0.2, 0) is 17.9 Å². The van der Waals surface area contributed by atoms with Gasteiger partial charge in [0.25, 0.3) is 11.6 Å². The average Bonchev–Trinajstić information content (AvgIpc) is 3.57. The fraction of sp³-hybridized carbons (Fsp3) is 0.276. The van der Waals surface area contributed by atoms with Gasteiger partial charge in [0, 0.05) is 43.9 Å². The number of carbonyl (C=O) groups is 4. The molecule has 0 aliphatic heterocycles. The smallest absolute Gasteiger partial charge is 0.303 e. The van der Waals surface area contributed by atoms with Crippen LogP contribution in [0.3, 0.4) is 0 Å². The van der Waals surface area contributed by atoms with Crippen molar-refractivity contribution in [3.8, 4) is 5.75 Å². The molecule has 0 spiro atoms. The van der Waals surface area contributed by atoms with E-state index in [4.69, 9.17) is 21.3 Å². The van der Waals surface area contributed by atoms with Crippen LogP contribution < -0.4 is 26.3 Å². The molecule has 47 heavy (non-hydrogen) atoms. The van der Waals surface area contributed by atoms with E-state index in [1.165, 1.54) is 12.3 Å². The Hall–Kier alpha value is -5.91. The molecule has 0 bridgehead atoms. The molecule has 3 aromatic heterocycles. The van der Waals surface area contributed by atoms with E-state index in [1.54, 1.807) is 40.5 Å². The highest BCUT2D eigenvalue weighted by atomic mass is 32.1. The van der Waals surface area contributed by atoms with Gasteiger partial charge in [0.05, 0.1) is 27.5 Å². The van der Waals surface area contributed by atoms with Crippen LogP contribution in [0.2, 0.25) is 0 Å². The summed E-state index contributed by atoms with van der Waals surface area (Å²) in [7, 11) is 0. The summed E-state index contributed by atoms with van der Waals surface area (Å²) < 4.78 is 9.39. The predicted molar refractivity (Wildman–Crippen MR) is 170 cm³/mol. The van der Waals surface area contributed by atoms with Gasteiger partial charge in [-0.1, -0.05) is 23.5 Å². The molecule has 3 amide bonds. The molecule has 1 aromatic carbocycles. The molecule has 0 aliphatic rings. The molecule has 0 aliphatic carbocycles. The zero-order valence-electron chi connectivity index (χ0n) is 25.3. The number of carboxylic acid groups (broad SMARTS) is 1. The molecule has 0 unspecified atom stereocenters. The number of ether oxygens (including phenoxy) is 1. The van der Waals surface area contributed by atoms with Crippen molar-refractivity contribution < 1.29 is 33.9 Å². The highest BCUT2D eigenvalue weighted by Gasteiger charge is 2.23. The van der Waals surface area contributed by atoms with E-state index in [-0.39, 0.29) is 55.1 Å². The molecule has 6 N–H and O–H groups in total. The second-order valence-corrected chi connectivity index (χ2v) is 11.0. The Morgan fingerprint density at radius 1 is 1.15 bits per heavy atom. The minimum Gasteiger partial charge on any atom is -0.491 e. The number of anilines is 1. The minimum atomic E-state index is -1.03. The predicted octanol–water partition coefficient (Wildman–Crippen LogP) is 2.38. The van der Waals surface area contributed by atoms with Gasteiger partial charge in [-0.2, -0.15) is 10.1 Å². The number of aliphatic carboxylic acids is 1. The van der Waals surface area contributed by atoms with Gasteiger partial charge >= 0.3 is 5.97 Å². The van der Waals surface area contributed by atoms with Crippen molar-refractivity contribution in [2.24, 2.45) is 16.5 Å². The number of allylic oxidation sites excluding steroid dienone is 1. The van der Waals surface area contributed by atoms with Gasteiger partial charge in [0.15, 0.2) is 16.1 Å². The highest BCUT2D eigenvalue weighted by molar-refractivity contribution is 7.16. The maximum Gasteiger partial charge on any atom is 0.303 e. The van der Waals surface area contributed by atoms with E-state index in [1.807, 2.05) is 6.92 Å². The van der Waals surface area contributed by atoms with E-state index in [0.717, 1.165) is 17.4 Å². The number of primary amides is 2. The minimum absolute atomic E-state index is 0.0293. The third-order valence-electron chi connectivity index (χ3n) is 6.63. The van der Waals surface area contributed by atoms with Gasteiger partial charge in [-0.15, -0.1) is 0 Å². The van der Waals surface area contributed by atoms with Crippen LogP contribution >= 0.6 is 11.3 Å². The normalized spacial score (nSPS) is 11.7. The van der Waals surface area contributed by atoms with Crippen molar-refractivity contribution in [3.63, 3.8) is 0 Å². The number of nitrogens with two attached hydrogens (primary N) is 2. The Kier molecular flexibility index (Phi) is 10.8. The number of carbonyl (C=O) groups excluding carboxylic acids is 3. The van der Waals surface area contributed by atoms with Crippen LogP contribution in [0.25, 0.3) is 10.3 Å². The first-order valence-corrected chi connectivity index (χ1v) is 15.0. The second kappa shape index (κ2) is 14.9. The molecule has 4 rings (SSSR count). The third-order valence-corrected chi connectivity index (χ3v) is 7.64. The van der Waals surface area contributed by atoms with E-state index >= 15 is 0 Å². The van der Waals surface area contributed by atoms with Crippen molar-refractivity contribution in [2.45, 2.75) is 39.8 Å². The molecule has 18 heteroatoms. The van der Waals surface area contributed by atoms with Crippen LogP contribution in [0.1, 0.15) is 56.7 Å². The molecular weight excluding hydrogens is 634 g/mol. The van der Waals surface area contributed by atoms with Crippen LogP contribution in [0.15, 0.2) is 47.6 Å². The Morgan fingerprint density at radius 3 is 2.55 bits per heavy atom. The number of nitro groups is 1. The van der Waals surface area contributed by atoms with Crippen molar-refractivity contribution >= 4 is 56.7 Å². The third kappa shape index (κ3) is 8.23. The molecule has 0 saturated heterocycles. The number of nitro benzene ring substituents is 1.